The van der Waals surface area contributed by atoms with Crippen LogP contribution in [-0.2, 0) is 11.0 Å². The monoisotopic (exact) mass is 392 g/mol. The van der Waals surface area contributed by atoms with Crippen molar-refractivity contribution in [2.75, 3.05) is 0 Å². The predicted octanol–water partition coefficient (Wildman–Crippen LogP) is 5.63. The molecule has 0 radical (unpaired) electrons. The number of hydrogen-bond donors (Lipinski definition) is 0. The van der Waals surface area contributed by atoms with Gasteiger partial charge in [-0.25, -0.2) is 0 Å². The summed E-state index contributed by atoms with van der Waals surface area (Å²) in [5.41, 5.74) is -0.753. The molecule has 1 saturated carbocycles. The van der Waals surface area contributed by atoms with Crippen molar-refractivity contribution in [1.29, 1.82) is 0 Å². The normalized spacial score (nSPS) is 23.3. The van der Waals surface area contributed by atoms with Gasteiger partial charge in [0, 0.05) is 10.4 Å². The zero-order chi connectivity index (χ0) is 17.0. The number of hydrogen-bond acceptors (Lipinski definition) is 2. The van der Waals surface area contributed by atoms with Gasteiger partial charge >= 0.3 is 6.18 Å². The maximum absolute atomic E-state index is 13.2. The molecule has 0 spiro atoms. The third kappa shape index (κ3) is 4.96. The van der Waals surface area contributed by atoms with Crippen LogP contribution >= 0.6 is 15.9 Å². The van der Waals surface area contributed by atoms with E-state index in [4.69, 9.17) is 4.74 Å². The largest absolute Gasteiger partial charge is 0.490 e. The molecule has 6 heteroatoms. The second kappa shape index (κ2) is 7.69. The number of rotatable bonds is 5. The quantitative estimate of drug-likeness (QED) is 0.606. The fourth-order valence-electron chi connectivity index (χ4n) is 3.12. The zero-order valence-corrected chi connectivity index (χ0v) is 14.5. The SMILES string of the molecule is C[C@H](C=O)CC1CCC(Oc2cccc(Br)c2C(F)(F)F)CC1. The van der Waals surface area contributed by atoms with Gasteiger partial charge in [0.25, 0.3) is 0 Å². The van der Waals surface area contributed by atoms with Gasteiger partial charge in [0.2, 0.25) is 0 Å². The first kappa shape index (κ1) is 18.3. The Morgan fingerprint density at radius 3 is 2.52 bits per heavy atom. The molecule has 1 aliphatic carbocycles. The number of benzene rings is 1. The van der Waals surface area contributed by atoms with Crippen LogP contribution in [0.4, 0.5) is 13.2 Å². The Morgan fingerprint density at radius 2 is 1.96 bits per heavy atom. The Kier molecular flexibility index (Phi) is 6.12. The molecule has 1 aliphatic rings. The first-order chi connectivity index (χ1) is 10.8. The molecule has 2 rings (SSSR count). The highest BCUT2D eigenvalue weighted by atomic mass is 79.9. The van der Waals surface area contributed by atoms with Crippen LogP contribution in [0.5, 0.6) is 5.75 Å². The molecule has 0 heterocycles. The number of aldehydes is 1. The van der Waals surface area contributed by atoms with E-state index < -0.39 is 11.7 Å². The molecule has 1 fully saturated rings. The van der Waals surface area contributed by atoms with E-state index in [0.717, 1.165) is 38.4 Å². The minimum atomic E-state index is -4.45. The predicted molar refractivity (Wildman–Crippen MR) is 85.4 cm³/mol. The van der Waals surface area contributed by atoms with E-state index >= 15 is 0 Å². The Balaban J connectivity index is 2.00. The molecule has 2 nitrogen and oxygen atoms in total. The van der Waals surface area contributed by atoms with Crippen molar-refractivity contribution in [2.24, 2.45) is 11.8 Å². The van der Waals surface area contributed by atoms with Crippen LogP contribution in [0.2, 0.25) is 0 Å². The Bertz CT molecular complexity index is 537. The molecule has 0 aromatic heterocycles. The Labute approximate surface area is 142 Å². The van der Waals surface area contributed by atoms with Crippen LogP contribution in [0.25, 0.3) is 0 Å². The van der Waals surface area contributed by atoms with Crippen LogP contribution in [0.3, 0.4) is 0 Å². The average molecular weight is 393 g/mol. The smallest absolute Gasteiger partial charge is 0.421 e. The summed E-state index contributed by atoms with van der Waals surface area (Å²) in [4.78, 5) is 10.7. The molecule has 0 unspecified atom stereocenters. The summed E-state index contributed by atoms with van der Waals surface area (Å²) in [6, 6.07) is 4.29. The van der Waals surface area contributed by atoms with Gasteiger partial charge in [0.1, 0.15) is 17.6 Å². The fraction of sp³-hybridized carbons (Fsp3) is 0.588. The molecule has 1 aromatic rings. The minimum Gasteiger partial charge on any atom is -0.490 e. The van der Waals surface area contributed by atoms with Crippen LogP contribution in [-0.4, -0.2) is 12.4 Å². The van der Waals surface area contributed by atoms with Crippen molar-refractivity contribution in [3.05, 3.63) is 28.2 Å². The molecule has 0 amide bonds. The zero-order valence-electron chi connectivity index (χ0n) is 12.9. The lowest BCUT2D eigenvalue weighted by molar-refractivity contribution is -0.140. The molecule has 0 N–H and O–H groups in total. The van der Waals surface area contributed by atoms with E-state index in [-0.39, 0.29) is 22.2 Å². The van der Waals surface area contributed by atoms with Gasteiger partial charge in [-0.1, -0.05) is 28.9 Å². The average Bonchev–Trinajstić information content (AvgIpc) is 2.48. The lowest BCUT2D eigenvalue weighted by atomic mass is 9.82. The minimum absolute atomic E-state index is 0.00371. The summed E-state index contributed by atoms with van der Waals surface area (Å²) in [5.74, 6) is 0.385. The molecule has 1 atom stereocenters. The van der Waals surface area contributed by atoms with E-state index in [1.807, 2.05) is 6.92 Å². The molecule has 0 saturated heterocycles. The summed E-state index contributed by atoms with van der Waals surface area (Å²) < 4.78 is 45.1. The summed E-state index contributed by atoms with van der Waals surface area (Å²) >= 11 is 2.96. The van der Waals surface area contributed by atoms with Gasteiger partial charge in [-0.05, 0) is 50.2 Å². The number of carbonyl (C=O) groups excluding carboxylic acids is 1. The van der Waals surface area contributed by atoms with Crippen molar-refractivity contribution < 1.29 is 22.7 Å². The van der Waals surface area contributed by atoms with Gasteiger partial charge < -0.3 is 9.53 Å². The topological polar surface area (TPSA) is 26.3 Å². The lowest BCUT2D eigenvalue weighted by Crippen LogP contribution is -2.26. The van der Waals surface area contributed by atoms with E-state index in [1.54, 1.807) is 6.07 Å². The molecular weight excluding hydrogens is 373 g/mol. The standard InChI is InChI=1S/C17H20BrF3O2/c1-11(10-22)9-12-5-7-13(8-6-12)23-15-4-2-3-14(18)16(15)17(19,20)21/h2-4,10-13H,5-9H2,1H3/t11-,12?,13?/m0/s1. The van der Waals surface area contributed by atoms with Gasteiger partial charge in [-0.15, -0.1) is 0 Å². The summed E-state index contributed by atoms with van der Waals surface area (Å²) in [6.45, 7) is 1.90. The lowest BCUT2D eigenvalue weighted by Gasteiger charge is -2.30. The van der Waals surface area contributed by atoms with E-state index in [1.165, 1.54) is 12.1 Å². The highest BCUT2D eigenvalue weighted by Gasteiger charge is 2.37. The van der Waals surface area contributed by atoms with Gasteiger partial charge in [0.05, 0.1) is 6.10 Å². The van der Waals surface area contributed by atoms with E-state index in [9.17, 15) is 18.0 Å². The second-order valence-electron chi connectivity index (χ2n) is 6.22. The summed E-state index contributed by atoms with van der Waals surface area (Å²) in [5, 5.41) is 0. The number of ether oxygens (including phenoxy) is 1. The van der Waals surface area contributed by atoms with Crippen LogP contribution in [0.15, 0.2) is 22.7 Å². The van der Waals surface area contributed by atoms with E-state index in [2.05, 4.69) is 15.9 Å². The van der Waals surface area contributed by atoms with Crippen molar-refractivity contribution >= 4 is 22.2 Å². The highest BCUT2D eigenvalue weighted by molar-refractivity contribution is 9.10. The van der Waals surface area contributed by atoms with Crippen molar-refractivity contribution in [3.63, 3.8) is 0 Å². The van der Waals surface area contributed by atoms with Gasteiger partial charge in [-0.3, -0.25) is 0 Å². The fourth-order valence-corrected chi connectivity index (χ4v) is 3.70. The number of halogens is 4. The van der Waals surface area contributed by atoms with Gasteiger partial charge in [0.15, 0.2) is 0 Å². The van der Waals surface area contributed by atoms with E-state index in [0.29, 0.717) is 5.92 Å². The van der Waals surface area contributed by atoms with Crippen molar-refractivity contribution in [3.8, 4) is 5.75 Å². The van der Waals surface area contributed by atoms with Crippen molar-refractivity contribution in [1.82, 2.24) is 0 Å². The first-order valence-electron chi connectivity index (χ1n) is 7.79. The number of carbonyl (C=O) groups is 1. The Hall–Kier alpha value is -1.04. The summed E-state index contributed by atoms with van der Waals surface area (Å²) in [7, 11) is 0. The first-order valence-corrected chi connectivity index (χ1v) is 8.58. The third-order valence-corrected chi connectivity index (χ3v) is 4.94. The molecular formula is C17H20BrF3O2. The molecule has 0 bridgehead atoms. The maximum Gasteiger partial charge on any atom is 0.421 e. The third-order valence-electron chi connectivity index (χ3n) is 4.28. The summed E-state index contributed by atoms with van der Waals surface area (Å²) in [6.07, 6.45) is 0.372. The van der Waals surface area contributed by atoms with Crippen LogP contribution in [0, 0.1) is 11.8 Å². The van der Waals surface area contributed by atoms with Crippen LogP contribution < -0.4 is 4.74 Å². The van der Waals surface area contributed by atoms with Gasteiger partial charge in [-0.2, -0.15) is 13.2 Å². The van der Waals surface area contributed by atoms with Crippen LogP contribution in [0.1, 0.15) is 44.6 Å². The highest BCUT2D eigenvalue weighted by Crippen LogP contribution is 2.42. The maximum atomic E-state index is 13.2. The van der Waals surface area contributed by atoms with Crippen molar-refractivity contribution in [2.45, 2.75) is 51.3 Å². The Morgan fingerprint density at radius 1 is 1.30 bits per heavy atom. The second-order valence-corrected chi connectivity index (χ2v) is 7.07. The molecule has 1 aromatic carbocycles. The molecule has 128 valence electrons. The molecule has 23 heavy (non-hydrogen) atoms. The number of alkyl halides is 3. The molecule has 0 aliphatic heterocycles.